The summed E-state index contributed by atoms with van der Waals surface area (Å²) in [6.07, 6.45) is 0.851. The van der Waals surface area contributed by atoms with Crippen molar-refractivity contribution in [1.29, 1.82) is 0 Å². The molecule has 1 amide bonds. The number of carboxylic acids is 1. The smallest absolute Gasteiger partial charge is 0.305 e. The van der Waals surface area contributed by atoms with Crippen LogP contribution in [0.4, 0.5) is 0 Å². The molecule has 2 N–H and O–H groups in total. The maximum atomic E-state index is 12.4. The van der Waals surface area contributed by atoms with Gasteiger partial charge in [-0.15, -0.1) is 0 Å². The molecule has 1 unspecified atom stereocenters. The lowest BCUT2D eigenvalue weighted by atomic mass is 9.95. The standard InChI is InChI=1S/C34H41NO6/c1-22(2)20-31(26-10-12-27(13-11-26)33(38)35-17-16-32(36)37)41-28-14-15-29(25-8-6-24(7-9-25)23(3)4)30(21-28)34-39-18-5-19-40-34/h6-15,21-23,31,34H,5,16-20H2,1-4H3,(H,35,38)(H,36,37). The van der Waals surface area contributed by atoms with Crippen molar-refractivity contribution < 1.29 is 28.9 Å². The lowest BCUT2D eigenvalue weighted by molar-refractivity contribution is -0.182. The summed E-state index contributed by atoms with van der Waals surface area (Å²) >= 11 is 0. The molecule has 1 atom stereocenters. The molecule has 1 aliphatic rings. The largest absolute Gasteiger partial charge is 0.486 e. The lowest BCUT2D eigenvalue weighted by Crippen LogP contribution is -2.26. The number of carboxylic acid groups (broad SMARTS) is 1. The fourth-order valence-corrected chi connectivity index (χ4v) is 4.87. The third-order valence-corrected chi connectivity index (χ3v) is 7.13. The van der Waals surface area contributed by atoms with Gasteiger partial charge in [0.1, 0.15) is 11.9 Å². The number of hydrogen-bond donors (Lipinski definition) is 2. The van der Waals surface area contributed by atoms with Crippen molar-refractivity contribution in [2.45, 2.75) is 65.3 Å². The van der Waals surface area contributed by atoms with Gasteiger partial charge in [-0.2, -0.15) is 0 Å². The number of ether oxygens (including phenoxy) is 3. The van der Waals surface area contributed by atoms with Crippen molar-refractivity contribution >= 4 is 11.9 Å². The number of nitrogens with one attached hydrogen (secondary N) is 1. The van der Waals surface area contributed by atoms with Crippen LogP contribution in [-0.4, -0.2) is 36.7 Å². The van der Waals surface area contributed by atoms with Gasteiger partial charge in [0, 0.05) is 17.7 Å². The Hall–Kier alpha value is -3.68. The molecule has 0 aliphatic carbocycles. The number of aliphatic carboxylic acids is 1. The Labute approximate surface area is 242 Å². The van der Waals surface area contributed by atoms with Gasteiger partial charge in [-0.1, -0.05) is 70.2 Å². The van der Waals surface area contributed by atoms with E-state index >= 15 is 0 Å². The molecule has 0 saturated carbocycles. The van der Waals surface area contributed by atoms with Crippen molar-refractivity contribution in [2.75, 3.05) is 19.8 Å². The molecule has 218 valence electrons. The minimum atomic E-state index is -0.948. The van der Waals surface area contributed by atoms with E-state index < -0.39 is 12.3 Å². The lowest BCUT2D eigenvalue weighted by Gasteiger charge is -2.27. The first kappa shape index (κ1) is 30.3. The topological polar surface area (TPSA) is 94.1 Å². The fraction of sp³-hybridized carbons (Fsp3) is 0.412. The zero-order chi connectivity index (χ0) is 29.4. The van der Waals surface area contributed by atoms with Gasteiger partial charge in [-0.3, -0.25) is 9.59 Å². The van der Waals surface area contributed by atoms with Crippen molar-refractivity contribution in [3.05, 3.63) is 89.0 Å². The predicted octanol–water partition coefficient (Wildman–Crippen LogP) is 7.28. The molecule has 1 aliphatic heterocycles. The van der Waals surface area contributed by atoms with Crippen LogP contribution in [0.1, 0.15) is 92.3 Å². The molecule has 1 heterocycles. The first-order valence-electron chi connectivity index (χ1n) is 14.5. The predicted molar refractivity (Wildman–Crippen MR) is 159 cm³/mol. The Kier molecular flexibility index (Phi) is 10.6. The highest BCUT2D eigenvalue weighted by molar-refractivity contribution is 5.94. The van der Waals surface area contributed by atoms with Crippen molar-refractivity contribution in [3.8, 4) is 16.9 Å². The molecule has 41 heavy (non-hydrogen) atoms. The maximum absolute atomic E-state index is 12.4. The number of hydrogen-bond acceptors (Lipinski definition) is 5. The average Bonchev–Trinajstić information content (AvgIpc) is 2.97. The molecule has 3 aromatic rings. The Morgan fingerprint density at radius 3 is 2.20 bits per heavy atom. The average molecular weight is 560 g/mol. The van der Waals surface area contributed by atoms with Crippen LogP contribution in [0.25, 0.3) is 11.1 Å². The molecule has 0 radical (unpaired) electrons. The minimum absolute atomic E-state index is 0.0869. The van der Waals surface area contributed by atoms with Gasteiger partial charge in [0.25, 0.3) is 5.91 Å². The van der Waals surface area contributed by atoms with E-state index in [0.29, 0.717) is 30.6 Å². The minimum Gasteiger partial charge on any atom is -0.486 e. The summed E-state index contributed by atoms with van der Waals surface area (Å²) in [5.74, 6) is 0.315. The van der Waals surface area contributed by atoms with Crippen LogP contribution < -0.4 is 10.1 Å². The summed E-state index contributed by atoms with van der Waals surface area (Å²) in [6, 6.07) is 22.1. The molecular weight excluding hydrogens is 518 g/mol. The summed E-state index contributed by atoms with van der Waals surface area (Å²) in [6.45, 7) is 10.1. The van der Waals surface area contributed by atoms with E-state index in [0.717, 1.165) is 40.8 Å². The third kappa shape index (κ3) is 8.41. The second-order valence-corrected chi connectivity index (χ2v) is 11.2. The quantitative estimate of drug-likeness (QED) is 0.242. The Bertz CT molecular complexity index is 1290. The summed E-state index contributed by atoms with van der Waals surface area (Å²) in [5, 5.41) is 11.4. The highest BCUT2D eigenvalue weighted by Crippen LogP contribution is 2.37. The molecule has 7 heteroatoms. The van der Waals surface area contributed by atoms with Gasteiger partial charge < -0.3 is 24.6 Å². The van der Waals surface area contributed by atoms with Gasteiger partial charge in [-0.05, 0) is 71.2 Å². The van der Waals surface area contributed by atoms with Crippen LogP contribution in [0.2, 0.25) is 0 Å². The van der Waals surface area contributed by atoms with Crippen LogP contribution in [0.5, 0.6) is 5.75 Å². The van der Waals surface area contributed by atoms with Crippen LogP contribution in [0.3, 0.4) is 0 Å². The van der Waals surface area contributed by atoms with E-state index in [9.17, 15) is 9.59 Å². The van der Waals surface area contributed by atoms with Gasteiger partial charge in [0.15, 0.2) is 6.29 Å². The van der Waals surface area contributed by atoms with Gasteiger partial charge in [-0.25, -0.2) is 0 Å². The van der Waals surface area contributed by atoms with Gasteiger partial charge >= 0.3 is 5.97 Å². The summed E-state index contributed by atoms with van der Waals surface area (Å²) in [4.78, 5) is 23.1. The third-order valence-electron chi connectivity index (χ3n) is 7.13. The zero-order valence-corrected chi connectivity index (χ0v) is 24.4. The van der Waals surface area contributed by atoms with Gasteiger partial charge in [0.2, 0.25) is 0 Å². The van der Waals surface area contributed by atoms with E-state index in [4.69, 9.17) is 19.3 Å². The first-order chi connectivity index (χ1) is 19.7. The molecule has 4 rings (SSSR count). The Morgan fingerprint density at radius 2 is 1.59 bits per heavy atom. The van der Waals surface area contributed by atoms with E-state index in [1.165, 1.54) is 5.56 Å². The first-order valence-corrected chi connectivity index (χ1v) is 14.5. The number of amides is 1. The molecular formula is C34H41NO6. The zero-order valence-electron chi connectivity index (χ0n) is 24.4. The van der Waals surface area contributed by atoms with Crippen LogP contribution in [0, 0.1) is 5.92 Å². The van der Waals surface area contributed by atoms with Crippen LogP contribution >= 0.6 is 0 Å². The molecule has 0 bridgehead atoms. The van der Waals surface area contributed by atoms with Crippen LogP contribution in [-0.2, 0) is 14.3 Å². The van der Waals surface area contributed by atoms with E-state index in [1.54, 1.807) is 12.1 Å². The molecule has 1 saturated heterocycles. The highest BCUT2D eigenvalue weighted by atomic mass is 16.7. The molecule has 0 spiro atoms. The fourth-order valence-electron chi connectivity index (χ4n) is 4.87. The van der Waals surface area contributed by atoms with Crippen LogP contribution in [0.15, 0.2) is 66.7 Å². The number of carbonyl (C=O) groups excluding carboxylic acids is 1. The van der Waals surface area contributed by atoms with E-state index in [2.05, 4.69) is 63.3 Å². The Morgan fingerprint density at radius 1 is 0.927 bits per heavy atom. The summed E-state index contributed by atoms with van der Waals surface area (Å²) in [5.41, 5.74) is 5.82. The molecule has 0 aromatic heterocycles. The molecule has 3 aromatic carbocycles. The molecule has 1 fully saturated rings. The Balaban J connectivity index is 1.58. The van der Waals surface area contributed by atoms with E-state index in [-0.39, 0.29) is 25.0 Å². The van der Waals surface area contributed by atoms with Crippen molar-refractivity contribution in [3.63, 3.8) is 0 Å². The number of benzene rings is 3. The van der Waals surface area contributed by atoms with Crippen molar-refractivity contribution in [1.82, 2.24) is 5.32 Å². The number of rotatable bonds is 12. The monoisotopic (exact) mass is 559 g/mol. The highest BCUT2D eigenvalue weighted by Gasteiger charge is 2.23. The second kappa shape index (κ2) is 14.3. The summed E-state index contributed by atoms with van der Waals surface area (Å²) in [7, 11) is 0. The normalized spacial score (nSPS) is 14.7. The van der Waals surface area contributed by atoms with Crippen molar-refractivity contribution in [2.24, 2.45) is 5.92 Å². The second-order valence-electron chi connectivity index (χ2n) is 11.2. The maximum Gasteiger partial charge on any atom is 0.305 e. The molecule has 7 nitrogen and oxygen atoms in total. The van der Waals surface area contributed by atoms with E-state index in [1.807, 2.05) is 24.3 Å². The van der Waals surface area contributed by atoms with Gasteiger partial charge in [0.05, 0.1) is 19.6 Å². The SMILES string of the molecule is CC(C)CC(Oc1ccc(-c2ccc(C(C)C)cc2)c(C2OCCCO2)c1)c1ccc(C(=O)NCCC(=O)O)cc1. The summed E-state index contributed by atoms with van der Waals surface area (Å²) < 4.78 is 18.7. The number of carbonyl (C=O) groups is 2.